The Balaban J connectivity index is 2.60. The first kappa shape index (κ1) is 17.2. The third-order valence-corrected chi connectivity index (χ3v) is 2.84. The molecule has 21 heavy (non-hydrogen) atoms. The zero-order valence-corrected chi connectivity index (χ0v) is 12.2. The molecule has 3 N–H and O–H groups in total. The fraction of sp³-hybridized carbons (Fsp3) is 0.417. The Morgan fingerprint density at radius 2 is 2.14 bits per heavy atom. The summed E-state index contributed by atoms with van der Waals surface area (Å²) in [5.74, 6) is -0.490. The molecule has 0 saturated carbocycles. The Morgan fingerprint density at radius 3 is 2.76 bits per heavy atom. The molecule has 0 heterocycles. The second-order valence-corrected chi connectivity index (χ2v) is 4.42. The third-order valence-electron chi connectivity index (χ3n) is 2.53. The van der Waals surface area contributed by atoms with Crippen LogP contribution < -0.4 is 11.1 Å². The second-order valence-electron chi connectivity index (χ2n) is 4.01. The fourth-order valence-electron chi connectivity index (χ4n) is 1.47. The minimum absolute atomic E-state index is 0.0364. The van der Waals surface area contributed by atoms with Gasteiger partial charge in [-0.1, -0.05) is 11.6 Å². The lowest BCUT2D eigenvalue weighted by molar-refractivity contribution is -0.383. The molecule has 0 aromatic heterocycles. The van der Waals surface area contributed by atoms with Crippen molar-refractivity contribution in [2.45, 2.75) is 0 Å². The van der Waals surface area contributed by atoms with E-state index >= 15 is 0 Å². The van der Waals surface area contributed by atoms with E-state index < -0.39 is 16.5 Å². The van der Waals surface area contributed by atoms with Crippen molar-refractivity contribution in [1.29, 1.82) is 0 Å². The van der Waals surface area contributed by atoms with E-state index in [0.29, 0.717) is 19.8 Å². The predicted molar refractivity (Wildman–Crippen MR) is 77.5 cm³/mol. The summed E-state index contributed by atoms with van der Waals surface area (Å²) >= 11 is 5.78. The number of amides is 1. The standard InChI is InChI=1S/C12H16ClN3O5/c1-20-4-5-21-3-2-15-12(17)8-6-9(13)11(14)10(7-8)16(18)19/h6-7H,2-5,14H2,1H3,(H,15,17). The zero-order valence-electron chi connectivity index (χ0n) is 11.4. The Labute approximate surface area is 126 Å². The summed E-state index contributed by atoms with van der Waals surface area (Å²) in [4.78, 5) is 22.0. The molecule has 116 valence electrons. The molecule has 1 rings (SSSR count). The molecule has 0 radical (unpaired) electrons. The number of rotatable bonds is 8. The lowest BCUT2D eigenvalue weighted by Gasteiger charge is -2.07. The van der Waals surface area contributed by atoms with Crippen LogP contribution >= 0.6 is 11.6 Å². The van der Waals surface area contributed by atoms with Crippen LogP contribution in [0.1, 0.15) is 10.4 Å². The largest absolute Gasteiger partial charge is 0.392 e. The first-order chi connectivity index (χ1) is 9.97. The second kappa shape index (κ2) is 8.40. The van der Waals surface area contributed by atoms with Crippen molar-refractivity contribution < 1.29 is 19.2 Å². The van der Waals surface area contributed by atoms with Gasteiger partial charge in [-0.25, -0.2) is 0 Å². The zero-order chi connectivity index (χ0) is 15.8. The number of ether oxygens (including phenoxy) is 2. The number of halogens is 1. The van der Waals surface area contributed by atoms with E-state index in [4.69, 9.17) is 26.8 Å². The van der Waals surface area contributed by atoms with Crippen LogP contribution in [0.25, 0.3) is 0 Å². The molecular formula is C12H16ClN3O5. The lowest BCUT2D eigenvalue weighted by atomic mass is 10.1. The molecule has 0 aliphatic carbocycles. The van der Waals surface area contributed by atoms with Gasteiger partial charge in [0.2, 0.25) is 0 Å². The fourth-order valence-corrected chi connectivity index (χ4v) is 1.68. The molecule has 1 amide bonds. The maximum Gasteiger partial charge on any atom is 0.294 e. The summed E-state index contributed by atoms with van der Waals surface area (Å²) in [6.07, 6.45) is 0. The molecule has 0 saturated heterocycles. The third kappa shape index (κ3) is 5.18. The molecule has 0 aliphatic heterocycles. The molecule has 0 bridgehead atoms. The van der Waals surface area contributed by atoms with E-state index in [2.05, 4.69) is 5.32 Å². The average Bonchev–Trinajstić information content (AvgIpc) is 2.44. The van der Waals surface area contributed by atoms with Crippen LogP contribution in [-0.4, -0.2) is 44.3 Å². The number of benzene rings is 1. The summed E-state index contributed by atoms with van der Waals surface area (Å²) in [5.41, 5.74) is 4.99. The smallest absolute Gasteiger partial charge is 0.294 e. The normalized spacial score (nSPS) is 10.4. The number of nitro benzene ring substituents is 1. The molecule has 0 fully saturated rings. The number of nitrogen functional groups attached to an aromatic ring is 1. The summed E-state index contributed by atoms with van der Waals surface area (Å²) in [7, 11) is 1.56. The maximum absolute atomic E-state index is 11.9. The average molecular weight is 318 g/mol. The number of hydrogen-bond donors (Lipinski definition) is 2. The van der Waals surface area contributed by atoms with Crippen LogP contribution in [-0.2, 0) is 9.47 Å². The van der Waals surface area contributed by atoms with Crippen molar-refractivity contribution in [3.63, 3.8) is 0 Å². The lowest BCUT2D eigenvalue weighted by Crippen LogP contribution is -2.27. The topological polar surface area (TPSA) is 117 Å². The highest BCUT2D eigenvalue weighted by Gasteiger charge is 2.19. The van der Waals surface area contributed by atoms with Crippen LogP contribution in [0.5, 0.6) is 0 Å². The highest BCUT2D eigenvalue weighted by molar-refractivity contribution is 6.34. The van der Waals surface area contributed by atoms with Gasteiger partial charge in [0.15, 0.2) is 0 Å². The Kier molecular flexibility index (Phi) is 6.86. The van der Waals surface area contributed by atoms with E-state index in [1.807, 2.05) is 0 Å². The number of nitrogens with zero attached hydrogens (tertiary/aromatic N) is 1. The van der Waals surface area contributed by atoms with Gasteiger partial charge in [0.1, 0.15) is 5.69 Å². The first-order valence-corrected chi connectivity index (χ1v) is 6.43. The van der Waals surface area contributed by atoms with Gasteiger partial charge >= 0.3 is 0 Å². The molecule has 0 unspecified atom stereocenters. The van der Waals surface area contributed by atoms with E-state index in [9.17, 15) is 14.9 Å². The van der Waals surface area contributed by atoms with Gasteiger partial charge in [-0.15, -0.1) is 0 Å². The van der Waals surface area contributed by atoms with Crippen LogP contribution in [0, 0.1) is 10.1 Å². The van der Waals surface area contributed by atoms with Crippen molar-refractivity contribution in [3.8, 4) is 0 Å². The number of carbonyl (C=O) groups is 1. The van der Waals surface area contributed by atoms with Crippen LogP contribution in [0.15, 0.2) is 12.1 Å². The number of anilines is 1. The van der Waals surface area contributed by atoms with Crippen LogP contribution in [0.2, 0.25) is 5.02 Å². The van der Waals surface area contributed by atoms with Gasteiger partial charge in [-0.05, 0) is 6.07 Å². The van der Waals surface area contributed by atoms with Gasteiger partial charge in [0.25, 0.3) is 11.6 Å². The minimum atomic E-state index is -0.689. The summed E-state index contributed by atoms with van der Waals surface area (Å²) < 4.78 is 9.97. The highest BCUT2D eigenvalue weighted by Crippen LogP contribution is 2.30. The van der Waals surface area contributed by atoms with Gasteiger partial charge in [0, 0.05) is 25.3 Å². The molecule has 0 aliphatic rings. The Hall–Kier alpha value is -1.90. The molecule has 1 aromatic carbocycles. The molecule has 0 spiro atoms. The quantitative estimate of drug-likeness (QED) is 0.322. The Morgan fingerprint density at radius 1 is 1.43 bits per heavy atom. The van der Waals surface area contributed by atoms with E-state index in [-0.39, 0.29) is 22.8 Å². The summed E-state index contributed by atoms with van der Waals surface area (Å²) in [6, 6.07) is 2.37. The van der Waals surface area contributed by atoms with Crippen molar-refractivity contribution >= 4 is 28.9 Å². The number of nitro groups is 1. The van der Waals surface area contributed by atoms with Gasteiger partial charge in [0.05, 0.1) is 29.8 Å². The SMILES string of the molecule is COCCOCCNC(=O)c1cc(Cl)c(N)c([N+](=O)[O-])c1. The van der Waals surface area contributed by atoms with Crippen LogP contribution in [0.4, 0.5) is 11.4 Å². The van der Waals surface area contributed by atoms with Gasteiger partial charge < -0.3 is 20.5 Å². The number of methoxy groups -OCH3 is 1. The summed E-state index contributed by atoms with van der Waals surface area (Å²) in [6.45, 7) is 1.46. The predicted octanol–water partition coefficient (Wildman–Crippen LogP) is 1.22. The number of carbonyl (C=O) groups excluding carboxylic acids is 1. The number of hydrogen-bond acceptors (Lipinski definition) is 6. The van der Waals surface area contributed by atoms with Crippen molar-refractivity contribution in [3.05, 3.63) is 32.8 Å². The van der Waals surface area contributed by atoms with Crippen molar-refractivity contribution in [1.82, 2.24) is 5.32 Å². The first-order valence-electron chi connectivity index (χ1n) is 6.05. The number of nitrogens with one attached hydrogen (secondary N) is 1. The molecule has 0 atom stereocenters. The minimum Gasteiger partial charge on any atom is -0.392 e. The van der Waals surface area contributed by atoms with E-state index in [1.165, 1.54) is 6.07 Å². The van der Waals surface area contributed by atoms with Crippen LogP contribution in [0.3, 0.4) is 0 Å². The molecule has 1 aromatic rings. The monoisotopic (exact) mass is 317 g/mol. The van der Waals surface area contributed by atoms with Gasteiger partial charge in [-0.3, -0.25) is 14.9 Å². The van der Waals surface area contributed by atoms with E-state index in [0.717, 1.165) is 6.07 Å². The highest BCUT2D eigenvalue weighted by atomic mass is 35.5. The molecular weight excluding hydrogens is 302 g/mol. The molecule has 8 nitrogen and oxygen atoms in total. The van der Waals surface area contributed by atoms with E-state index in [1.54, 1.807) is 7.11 Å². The van der Waals surface area contributed by atoms with Crippen molar-refractivity contribution in [2.24, 2.45) is 0 Å². The Bertz CT molecular complexity index is 524. The van der Waals surface area contributed by atoms with Crippen molar-refractivity contribution in [2.75, 3.05) is 39.2 Å². The number of nitrogens with two attached hydrogens (primary N) is 1. The maximum atomic E-state index is 11.9. The van der Waals surface area contributed by atoms with Gasteiger partial charge in [-0.2, -0.15) is 0 Å². The molecule has 9 heteroatoms. The summed E-state index contributed by atoms with van der Waals surface area (Å²) in [5, 5.41) is 13.3.